The van der Waals surface area contributed by atoms with Gasteiger partial charge < -0.3 is 14.7 Å². The van der Waals surface area contributed by atoms with E-state index in [2.05, 4.69) is 15.1 Å². The van der Waals surface area contributed by atoms with E-state index in [0.29, 0.717) is 25.3 Å². The summed E-state index contributed by atoms with van der Waals surface area (Å²) in [6, 6.07) is 1.55. The Morgan fingerprint density at radius 2 is 1.96 bits per heavy atom. The average Bonchev–Trinajstić information content (AvgIpc) is 3.13. The highest BCUT2D eigenvalue weighted by Gasteiger charge is 2.62. The Labute approximate surface area is 156 Å². The number of carbonyl (C=O) groups excluding carboxylic acids is 1. The van der Waals surface area contributed by atoms with Crippen LogP contribution in [0.3, 0.4) is 0 Å². The number of oxime groups is 1. The van der Waals surface area contributed by atoms with Gasteiger partial charge in [-0.2, -0.15) is 0 Å². The summed E-state index contributed by atoms with van der Waals surface area (Å²) in [4.78, 5) is 21.0. The molecule has 3 fully saturated rings. The number of ether oxygens (including phenoxy) is 2. The minimum atomic E-state index is -0.783. The predicted molar refractivity (Wildman–Crippen MR) is 93.5 cm³/mol. The van der Waals surface area contributed by atoms with E-state index in [1.165, 1.54) is 6.20 Å². The van der Waals surface area contributed by atoms with Crippen LogP contribution in [0.1, 0.15) is 55.4 Å². The zero-order valence-electron chi connectivity index (χ0n) is 14.5. The number of aromatic nitrogens is 2. The summed E-state index contributed by atoms with van der Waals surface area (Å²) in [6.45, 7) is 1.06. The van der Waals surface area contributed by atoms with Gasteiger partial charge in [0.15, 0.2) is 11.6 Å². The number of rotatable bonds is 2. The van der Waals surface area contributed by atoms with Crippen LogP contribution < -0.4 is 0 Å². The molecule has 0 amide bonds. The van der Waals surface area contributed by atoms with Gasteiger partial charge in [-0.05, 0) is 43.4 Å². The number of hydrogen-bond donors (Lipinski definition) is 1. The van der Waals surface area contributed by atoms with Crippen molar-refractivity contribution in [2.75, 3.05) is 13.2 Å². The average molecular weight is 380 g/mol. The Morgan fingerprint density at radius 1 is 1.23 bits per heavy atom. The number of fused-ring (bicyclic) bond motifs is 1. The second kappa shape index (κ2) is 6.87. The lowest BCUT2D eigenvalue weighted by Gasteiger charge is -2.53. The van der Waals surface area contributed by atoms with Gasteiger partial charge in [-0.25, -0.2) is 9.97 Å². The van der Waals surface area contributed by atoms with Crippen molar-refractivity contribution in [1.29, 1.82) is 0 Å². The first kappa shape index (κ1) is 17.8. The van der Waals surface area contributed by atoms with Gasteiger partial charge in [0.05, 0.1) is 30.3 Å². The molecule has 26 heavy (non-hydrogen) atoms. The van der Waals surface area contributed by atoms with E-state index in [4.69, 9.17) is 21.1 Å². The Hall–Kier alpha value is -1.57. The van der Waals surface area contributed by atoms with Crippen LogP contribution in [0.15, 0.2) is 17.4 Å². The smallest absolute Gasteiger partial charge is 0.222 e. The van der Waals surface area contributed by atoms with Crippen LogP contribution in [-0.2, 0) is 9.47 Å². The molecule has 0 aromatic carbocycles. The Balaban J connectivity index is 1.73. The highest BCUT2D eigenvalue weighted by Crippen LogP contribution is 2.56. The molecule has 1 N–H and O–H groups in total. The van der Waals surface area contributed by atoms with E-state index in [0.717, 1.165) is 38.5 Å². The molecule has 3 aliphatic rings. The van der Waals surface area contributed by atoms with Gasteiger partial charge in [0, 0.05) is 12.6 Å². The van der Waals surface area contributed by atoms with E-state index in [1.54, 1.807) is 6.07 Å². The maximum absolute atomic E-state index is 13.1. The highest BCUT2D eigenvalue weighted by atomic mass is 35.5. The zero-order chi connectivity index (χ0) is 18.2. The lowest BCUT2D eigenvalue weighted by molar-refractivity contribution is -0.238. The quantitative estimate of drug-likeness (QED) is 0.367. The first-order chi connectivity index (χ1) is 12.6. The van der Waals surface area contributed by atoms with Gasteiger partial charge >= 0.3 is 0 Å². The molecule has 0 bridgehead atoms. The molecule has 8 heteroatoms. The predicted octanol–water partition coefficient (Wildman–Crippen LogP) is 3.25. The van der Waals surface area contributed by atoms with Crippen molar-refractivity contribution >= 4 is 23.1 Å². The summed E-state index contributed by atoms with van der Waals surface area (Å²) in [5.41, 5.74) is 0.155. The molecular formula is C18H22ClN3O4. The fourth-order valence-electron chi connectivity index (χ4n) is 5.01. The highest BCUT2D eigenvalue weighted by molar-refractivity contribution is 6.28. The van der Waals surface area contributed by atoms with Gasteiger partial charge in [-0.1, -0.05) is 18.0 Å². The van der Waals surface area contributed by atoms with Crippen molar-refractivity contribution in [3.05, 3.63) is 23.2 Å². The Bertz CT molecular complexity index is 731. The molecule has 2 saturated carbocycles. The fraction of sp³-hybridized carbons (Fsp3) is 0.667. The number of carbonyl (C=O) groups is 1. The van der Waals surface area contributed by atoms with E-state index in [9.17, 15) is 10.0 Å². The molecule has 7 nitrogen and oxygen atoms in total. The zero-order valence-corrected chi connectivity index (χ0v) is 15.2. The van der Waals surface area contributed by atoms with Crippen molar-refractivity contribution < 1.29 is 19.5 Å². The largest absolute Gasteiger partial charge is 0.411 e. The van der Waals surface area contributed by atoms with E-state index >= 15 is 0 Å². The summed E-state index contributed by atoms with van der Waals surface area (Å²) in [5, 5.41) is 13.6. The summed E-state index contributed by atoms with van der Waals surface area (Å²) >= 11 is 5.84. The molecule has 1 aromatic rings. The fourth-order valence-corrected chi connectivity index (χ4v) is 5.15. The van der Waals surface area contributed by atoms with Gasteiger partial charge in [0.1, 0.15) is 5.69 Å². The minimum Gasteiger partial charge on any atom is -0.411 e. The molecule has 0 unspecified atom stereocenters. The van der Waals surface area contributed by atoms with Gasteiger partial charge in [-0.3, -0.25) is 4.79 Å². The molecule has 140 valence electrons. The first-order valence-electron chi connectivity index (χ1n) is 9.15. The molecule has 2 atom stereocenters. The third kappa shape index (κ3) is 2.64. The molecule has 1 aliphatic heterocycles. The number of ketones is 1. The molecule has 0 radical (unpaired) electrons. The van der Waals surface area contributed by atoms with Gasteiger partial charge in [-0.15, -0.1) is 0 Å². The second-order valence-electron chi connectivity index (χ2n) is 7.24. The lowest BCUT2D eigenvalue weighted by atomic mass is 9.57. The van der Waals surface area contributed by atoms with Crippen LogP contribution in [0.4, 0.5) is 0 Å². The van der Waals surface area contributed by atoms with Crippen molar-refractivity contribution in [1.82, 2.24) is 9.97 Å². The topological polar surface area (TPSA) is 93.9 Å². The standard InChI is InChI=1S/C18H22ClN3O4/c19-16-20-9-5-13(21-16)14(23)12-4-3-7-17(15(12)22-24)6-1-2-8-18(17)25-10-11-26-18/h5,9,12,24H,1-4,6-8,10-11H2/b22-15+/t12-,17-/m0/s1. The van der Waals surface area contributed by atoms with Crippen LogP contribution in [-0.4, -0.2) is 45.7 Å². The summed E-state index contributed by atoms with van der Waals surface area (Å²) in [6.07, 6.45) is 7.24. The van der Waals surface area contributed by atoms with E-state index < -0.39 is 17.1 Å². The summed E-state index contributed by atoms with van der Waals surface area (Å²) in [5.74, 6) is -1.53. The van der Waals surface area contributed by atoms with Crippen LogP contribution in [0, 0.1) is 11.3 Å². The summed E-state index contributed by atoms with van der Waals surface area (Å²) in [7, 11) is 0. The van der Waals surface area contributed by atoms with Crippen LogP contribution in [0.25, 0.3) is 0 Å². The van der Waals surface area contributed by atoms with Gasteiger partial charge in [0.25, 0.3) is 0 Å². The first-order valence-corrected chi connectivity index (χ1v) is 9.53. The normalized spacial score (nSPS) is 32.3. The third-order valence-corrected chi connectivity index (χ3v) is 6.24. The number of nitrogens with zero attached hydrogens (tertiary/aromatic N) is 3. The minimum absolute atomic E-state index is 0.0282. The van der Waals surface area contributed by atoms with Crippen LogP contribution in [0.2, 0.25) is 5.28 Å². The Kier molecular flexibility index (Phi) is 4.71. The van der Waals surface area contributed by atoms with Crippen molar-refractivity contribution in [2.24, 2.45) is 16.5 Å². The molecular weight excluding hydrogens is 358 g/mol. The third-order valence-electron chi connectivity index (χ3n) is 6.06. The maximum Gasteiger partial charge on any atom is 0.222 e. The van der Waals surface area contributed by atoms with Crippen LogP contribution in [0.5, 0.6) is 0 Å². The molecule has 2 aliphatic carbocycles. The van der Waals surface area contributed by atoms with E-state index in [-0.39, 0.29) is 16.8 Å². The van der Waals surface area contributed by atoms with Crippen molar-refractivity contribution in [3.63, 3.8) is 0 Å². The van der Waals surface area contributed by atoms with Crippen molar-refractivity contribution in [3.8, 4) is 0 Å². The maximum atomic E-state index is 13.1. The lowest BCUT2D eigenvalue weighted by Crippen LogP contribution is -2.60. The molecule has 1 saturated heterocycles. The van der Waals surface area contributed by atoms with Gasteiger partial charge in [0.2, 0.25) is 5.28 Å². The number of Topliss-reactive ketones (excluding diaryl/α,β-unsaturated/α-hetero) is 1. The van der Waals surface area contributed by atoms with E-state index in [1.807, 2.05) is 0 Å². The SMILES string of the molecule is O=C(c1ccnc(Cl)n1)[C@@H]1CCC[C@@]2(CCCCC23OCCO3)/C1=N/O. The number of hydrogen-bond acceptors (Lipinski definition) is 7. The molecule has 2 heterocycles. The molecule has 1 aromatic heterocycles. The van der Waals surface area contributed by atoms with Crippen molar-refractivity contribution in [2.45, 2.75) is 50.7 Å². The molecule has 2 spiro atoms. The number of halogens is 1. The summed E-state index contributed by atoms with van der Waals surface area (Å²) < 4.78 is 12.2. The Morgan fingerprint density at radius 3 is 2.69 bits per heavy atom. The molecule has 4 rings (SSSR count). The van der Waals surface area contributed by atoms with Crippen LogP contribution >= 0.6 is 11.6 Å². The second-order valence-corrected chi connectivity index (χ2v) is 7.58. The monoisotopic (exact) mass is 379 g/mol.